The molecular formula is C19H18Cl2N2O. The molecule has 0 aromatic heterocycles. The van der Waals surface area contributed by atoms with Gasteiger partial charge in [-0.15, -0.1) is 0 Å². The molecule has 0 spiro atoms. The Hall–Kier alpha value is -1.81. The normalized spacial score (nSPS) is 17.2. The van der Waals surface area contributed by atoms with Crippen molar-refractivity contribution in [3.8, 4) is 0 Å². The van der Waals surface area contributed by atoms with Crippen LogP contribution in [0.1, 0.15) is 22.6 Å². The Balaban J connectivity index is 2.03. The van der Waals surface area contributed by atoms with Crippen molar-refractivity contribution in [2.24, 2.45) is 0 Å². The molecule has 0 radical (unpaired) electrons. The van der Waals surface area contributed by atoms with Gasteiger partial charge in [0.25, 0.3) is 0 Å². The molecule has 0 aliphatic carbocycles. The van der Waals surface area contributed by atoms with E-state index in [0.29, 0.717) is 10.0 Å². The average molecular weight is 361 g/mol. The summed E-state index contributed by atoms with van der Waals surface area (Å²) < 4.78 is 0. The number of anilines is 1. The lowest BCUT2D eigenvalue weighted by Crippen LogP contribution is -2.31. The highest BCUT2D eigenvalue weighted by Crippen LogP contribution is 2.38. The van der Waals surface area contributed by atoms with Gasteiger partial charge in [0.1, 0.15) is 0 Å². The lowest BCUT2D eigenvalue weighted by Gasteiger charge is -2.33. The molecule has 1 unspecified atom stereocenters. The minimum atomic E-state index is -0.223. The maximum absolute atomic E-state index is 11.5. The largest absolute Gasteiger partial charge is 0.323 e. The van der Waals surface area contributed by atoms with Crippen molar-refractivity contribution >= 4 is 34.8 Å². The third-order valence-electron chi connectivity index (χ3n) is 4.23. The van der Waals surface area contributed by atoms with E-state index < -0.39 is 0 Å². The van der Waals surface area contributed by atoms with Crippen LogP contribution in [-0.4, -0.2) is 24.4 Å². The molecule has 1 N–H and O–H groups in total. The van der Waals surface area contributed by atoms with Crippen LogP contribution in [-0.2, 0) is 11.3 Å². The van der Waals surface area contributed by atoms with Crippen LogP contribution < -0.4 is 5.32 Å². The number of nitrogens with one attached hydrogen (secondary N) is 1. The second kappa shape index (κ2) is 6.98. The van der Waals surface area contributed by atoms with Gasteiger partial charge in [-0.2, -0.15) is 0 Å². The fourth-order valence-electron chi connectivity index (χ4n) is 3.16. The van der Waals surface area contributed by atoms with Gasteiger partial charge in [-0.25, -0.2) is 0 Å². The van der Waals surface area contributed by atoms with E-state index in [9.17, 15) is 4.79 Å². The van der Waals surface area contributed by atoms with E-state index >= 15 is 0 Å². The molecule has 0 saturated carbocycles. The Labute approximate surface area is 151 Å². The number of halogens is 2. The molecular weight excluding hydrogens is 343 g/mol. The van der Waals surface area contributed by atoms with Crippen molar-refractivity contribution in [1.29, 1.82) is 0 Å². The zero-order chi connectivity index (χ0) is 17.3. The van der Waals surface area contributed by atoms with Gasteiger partial charge in [0.2, 0.25) is 5.91 Å². The SMILES string of the molecule is C=CC(=O)Nc1cccc(C2CN(C)Cc3c(Cl)cc(Cl)cc32)c1. The summed E-state index contributed by atoms with van der Waals surface area (Å²) in [7, 11) is 2.07. The molecule has 24 heavy (non-hydrogen) atoms. The molecule has 0 saturated heterocycles. The molecule has 1 aliphatic rings. The highest BCUT2D eigenvalue weighted by molar-refractivity contribution is 6.35. The number of rotatable bonds is 3. The summed E-state index contributed by atoms with van der Waals surface area (Å²) in [5.74, 6) is -0.0741. The van der Waals surface area contributed by atoms with Crippen LogP contribution in [0.3, 0.4) is 0 Å². The standard InChI is InChI=1S/C19H18Cl2N2O/c1-3-19(24)22-14-6-4-5-12(7-14)16-10-23(2)11-17-15(16)8-13(20)9-18(17)21/h3-9,16H,1,10-11H2,2H3,(H,22,24). The second-order valence-corrected chi connectivity index (χ2v) is 6.87. The van der Waals surface area contributed by atoms with E-state index in [1.165, 1.54) is 6.08 Å². The molecule has 5 heteroatoms. The number of fused-ring (bicyclic) bond motifs is 1. The Morgan fingerprint density at radius 2 is 2.12 bits per heavy atom. The molecule has 0 bridgehead atoms. The maximum Gasteiger partial charge on any atom is 0.247 e. The van der Waals surface area contributed by atoms with Crippen LogP contribution in [0.25, 0.3) is 0 Å². The van der Waals surface area contributed by atoms with Gasteiger partial charge in [-0.1, -0.05) is 41.9 Å². The molecule has 1 aliphatic heterocycles. The highest BCUT2D eigenvalue weighted by Gasteiger charge is 2.27. The summed E-state index contributed by atoms with van der Waals surface area (Å²) in [5.41, 5.74) is 4.13. The predicted molar refractivity (Wildman–Crippen MR) is 99.9 cm³/mol. The third-order valence-corrected chi connectivity index (χ3v) is 4.79. The molecule has 2 aromatic rings. The summed E-state index contributed by atoms with van der Waals surface area (Å²) >= 11 is 12.6. The topological polar surface area (TPSA) is 32.3 Å². The molecule has 1 amide bonds. The van der Waals surface area contributed by atoms with E-state index in [2.05, 4.69) is 29.9 Å². The van der Waals surface area contributed by atoms with Gasteiger partial charge in [0.05, 0.1) is 0 Å². The predicted octanol–water partition coefficient (Wildman–Crippen LogP) is 4.70. The number of hydrogen-bond donors (Lipinski definition) is 1. The average Bonchev–Trinajstić information content (AvgIpc) is 2.55. The zero-order valence-electron chi connectivity index (χ0n) is 13.4. The van der Waals surface area contributed by atoms with E-state index in [4.69, 9.17) is 23.2 Å². The Kier molecular flexibility index (Phi) is 4.95. The first-order chi connectivity index (χ1) is 11.5. The summed E-state index contributed by atoms with van der Waals surface area (Å²) in [6.07, 6.45) is 1.26. The Bertz CT molecular complexity index is 804. The number of hydrogen-bond acceptors (Lipinski definition) is 2. The van der Waals surface area contributed by atoms with Gasteiger partial charge in [0.15, 0.2) is 0 Å². The van der Waals surface area contributed by atoms with Crippen LogP contribution in [0.2, 0.25) is 10.0 Å². The van der Waals surface area contributed by atoms with E-state index in [-0.39, 0.29) is 11.8 Å². The second-order valence-electron chi connectivity index (χ2n) is 6.02. The number of carbonyl (C=O) groups excluding carboxylic acids is 1. The number of likely N-dealkylation sites (N-methyl/N-ethyl adjacent to an activating group) is 1. The number of nitrogens with zero attached hydrogens (tertiary/aromatic N) is 1. The molecule has 1 heterocycles. The van der Waals surface area contributed by atoms with Gasteiger partial charge in [-0.05, 0) is 54.1 Å². The summed E-state index contributed by atoms with van der Waals surface area (Å²) in [5, 5.41) is 4.15. The van der Waals surface area contributed by atoms with Crippen molar-refractivity contribution in [3.05, 3.63) is 75.8 Å². The first-order valence-corrected chi connectivity index (χ1v) is 8.43. The zero-order valence-corrected chi connectivity index (χ0v) is 14.9. The van der Waals surface area contributed by atoms with Crippen LogP contribution in [0, 0.1) is 0 Å². The fraction of sp³-hybridized carbons (Fsp3) is 0.211. The summed E-state index contributed by atoms with van der Waals surface area (Å²) in [6.45, 7) is 5.14. The van der Waals surface area contributed by atoms with Crippen LogP contribution in [0.4, 0.5) is 5.69 Å². The summed E-state index contributed by atoms with van der Waals surface area (Å²) in [4.78, 5) is 13.8. The number of carbonyl (C=O) groups is 1. The summed E-state index contributed by atoms with van der Waals surface area (Å²) in [6, 6.07) is 11.6. The fourth-order valence-corrected chi connectivity index (χ4v) is 3.73. The molecule has 124 valence electrons. The van der Waals surface area contributed by atoms with E-state index in [0.717, 1.165) is 35.5 Å². The lowest BCUT2D eigenvalue weighted by molar-refractivity contribution is -0.111. The van der Waals surface area contributed by atoms with Gasteiger partial charge >= 0.3 is 0 Å². The number of amides is 1. The molecule has 1 atom stereocenters. The van der Waals surface area contributed by atoms with Crippen molar-refractivity contribution in [3.63, 3.8) is 0 Å². The molecule has 3 rings (SSSR count). The Morgan fingerprint density at radius 3 is 2.88 bits per heavy atom. The van der Waals surface area contributed by atoms with Crippen LogP contribution in [0.5, 0.6) is 0 Å². The van der Waals surface area contributed by atoms with Gasteiger partial charge in [0, 0.05) is 34.7 Å². The highest BCUT2D eigenvalue weighted by atomic mass is 35.5. The van der Waals surface area contributed by atoms with Crippen LogP contribution >= 0.6 is 23.2 Å². The minimum Gasteiger partial charge on any atom is -0.323 e. The third kappa shape index (κ3) is 3.48. The Morgan fingerprint density at radius 1 is 1.33 bits per heavy atom. The van der Waals surface area contributed by atoms with E-state index in [1.54, 1.807) is 6.07 Å². The monoisotopic (exact) mass is 360 g/mol. The first-order valence-electron chi connectivity index (χ1n) is 7.67. The quantitative estimate of drug-likeness (QED) is 0.804. The van der Waals surface area contributed by atoms with Gasteiger partial charge in [-0.3, -0.25) is 4.79 Å². The van der Waals surface area contributed by atoms with Crippen molar-refractivity contribution in [1.82, 2.24) is 4.90 Å². The number of benzene rings is 2. The minimum absolute atomic E-state index is 0.149. The molecule has 0 fully saturated rings. The first kappa shape index (κ1) is 17.0. The maximum atomic E-state index is 11.5. The van der Waals surface area contributed by atoms with Crippen molar-refractivity contribution < 1.29 is 4.79 Å². The lowest BCUT2D eigenvalue weighted by atomic mass is 9.84. The smallest absolute Gasteiger partial charge is 0.247 e. The molecule has 3 nitrogen and oxygen atoms in total. The van der Waals surface area contributed by atoms with Gasteiger partial charge < -0.3 is 10.2 Å². The van der Waals surface area contributed by atoms with Crippen molar-refractivity contribution in [2.45, 2.75) is 12.5 Å². The van der Waals surface area contributed by atoms with Crippen LogP contribution in [0.15, 0.2) is 49.1 Å². The molecule has 2 aromatic carbocycles. The van der Waals surface area contributed by atoms with E-state index in [1.807, 2.05) is 24.3 Å². The van der Waals surface area contributed by atoms with Crippen molar-refractivity contribution in [2.75, 3.05) is 18.9 Å².